The van der Waals surface area contributed by atoms with Crippen LogP contribution in [0.15, 0.2) is 108 Å². The number of nitro groups is 2. The van der Waals surface area contributed by atoms with Crippen molar-refractivity contribution in [3.8, 4) is 57.6 Å². The molecule has 5 heterocycles. The third-order valence-electron chi connectivity index (χ3n) is 16.8. The van der Waals surface area contributed by atoms with Crippen LogP contribution in [0.5, 0.6) is 11.5 Å². The SMILES string of the molecule is C.COc1cc2c(-c3cc(C(=O)CCC#Cc4ccc(COCc5cn([C@H]6CC(O)[C@@H](COP(=O)(O)OP(=O)(O)OP(=O)(O)O)O6)c(=O)[nH]c5=O)c([N+](=O)[O-])c4)ccc3C(=O)O)c3cc(CO)c([O-])c(Cl)c3oc-2c(Cl)c1=O.NCC#Cc1ccc(COCc2cn([C@H]3CC(O)[C@@H](COP(=O)(O)OP(=O)(O)OP(=O)(O)O)O3)c(=O)[nH]c2=O)c([N+](=O)[O-])c1. The molecule has 4 aromatic carbocycles. The number of fused-ring (bicyclic) bond motifs is 2. The number of aliphatic hydroxyl groups excluding tert-OH is 3. The van der Waals surface area contributed by atoms with Gasteiger partial charge in [0.25, 0.3) is 22.5 Å². The van der Waals surface area contributed by atoms with Crippen molar-refractivity contribution in [2.24, 2.45) is 5.73 Å². The molecule has 0 spiro atoms. The number of methoxy groups -OCH3 is 1. The number of aromatic nitrogens is 4. The molecule has 2 fully saturated rings. The Bertz CT molecular complexity index is 6140. The minimum Gasteiger partial charge on any atom is -0.871 e. The fourth-order valence-electron chi connectivity index (χ4n) is 11.5. The lowest BCUT2D eigenvalue weighted by molar-refractivity contribution is -0.386. The van der Waals surface area contributed by atoms with Gasteiger partial charge in [-0.1, -0.05) is 66.1 Å². The van der Waals surface area contributed by atoms with Crippen LogP contribution >= 0.6 is 70.1 Å². The summed E-state index contributed by atoms with van der Waals surface area (Å²) in [5.74, 6) is 7.42. The van der Waals surface area contributed by atoms with Crippen molar-refractivity contribution in [2.45, 2.75) is 103 Å². The summed E-state index contributed by atoms with van der Waals surface area (Å²) in [5.41, 5.74) is -0.572. The Morgan fingerprint density at radius 1 is 0.631 bits per heavy atom. The molecule has 10 rings (SSSR count). The summed E-state index contributed by atoms with van der Waals surface area (Å²) in [7, 11) is -32.8. The van der Waals surface area contributed by atoms with Crippen molar-refractivity contribution in [2.75, 3.05) is 26.9 Å². The fraction of sp³-hybridized carbons (Fsp3) is 0.308. The largest absolute Gasteiger partial charge is 0.871 e. The monoisotopic (exact) mass is 1870 g/mol. The molecule has 16 N–H and O–H groups in total. The number of nitrogens with zero attached hydrogens (tertiary/aromatic N) is 4. The highest BCUT2D eigenvalue weighted by Crippen LogP contribution is 2.68. The third-order valence-corrected chi connectivity index (χ3v) is 25.0. The molecule has 1 aliphatic carbocycles. The number of rotatable bonds is 33. The van der Waals surface area contributed by atoms with Crippen LogP contribution in [-0.4, -0.2) is 152 Å². The summed E-state index contributed by atoms with van der Waals surface area (Å²) >= 11 is 12.8. The normalized spacial score (nSPS) is 18.5. The van der Waals surface area contributed by atoms with E-state index < -0.39 is 201 Å². The predicted molar refractivity (Wildman–Crippen MR) is 411 cm³/mol. The Labute approximate surface area is 690 Å². The number of ketones is 1. The van der Waals surface area contributed by atoms with Gasteiger partial charge in [0.15, 0.2) is 22.9 Å². The molecule has 3 aliphatic heterocycles. The summed E-state index contributed by atoms with van der Waals surface area (Å²) in [6.45, 7) is -4.48. The van der Waals surface area contributed by atoms with Crippen LogP contribution in [0, 0.1) is 43.9 Å². The highest BCUT2D eigenvalue weighted by molar-refractivity contribution is 7.67. The molecule has 2 aromatic heterocycles. The maximum atomic E-state index is 13.7. The van der Waals surface area contributed by atoms with E-state index in [0.717, 1.165) is 33.7 Å². The van der Waals surface area contributed by atoms with Gasteiger partial charge in [-0.15, -0.1) is 0 Å². The van der Waals surface area contributed by atoms with Gasteiger partial charge in [-0.3, -0.25) is 67.6 Å². The number of nitrogens with two attached hydrogens (primary N) is 1. The Morgan fingerprint density at radius 2 is 1.10 bits per heavy atom. The molecule has 6 aromatic rings. The third kappa shape index (κ3) is 25.5. The van der Waals surface area contributed by atoms with Gasteiger partial charge in [0.1, 0.15) is 29.7 Å². The van der Waals surface area contributed by atoms with E-state index in [-0.39, 0.29) is 129 Å². The molecule has 0 saturated carbocycles. The molecular formula is C65H66Cl2N7O42P6-. The summed E-state index contributed by atoms with van der Waals surface area (Å²) in [5, 5.41) is 76.7. The fourth-order valence-corrected chi connectivity index (χ4v) is 18.1. The number of H-pyrrole nitrogens is 2. The van der Waals surface area contributed by atoms with Crippen LogP contribution in [-0.2, 0) is 106 Å². The molecule has 49 nitrogen and oxygen atoms in total. The van der Waals surface area contributed by atoms with Crippen molar-refractivity contribution in [1.82, 2.24) is 19.1 Å². The topological polar surface area (TPSA) is 756 Å². The lowest BCUT2D eigenvalue weighted by Crippen LogP contribution is -2.34. The number of Topliss-reactive ketones (excluding diaryl/α,β-unsaturated/α-hetero) is 1. The molecule has 0 radical (unpaired) electrons. The maximum Gasteiger partial charge on any atom is 0.490 e. The Balaban J connectivity index is 0.000000349. The van der Waals surface area contributed by atoms with Gasteiger partial charge in [0.2, 0.25) is 5.43 Å². The van der Waals surface area contributed by atoms with Crippen molar-refractivity contribution < 1.29 is 166 Å². The number of carbonyl (C=O) groups is 2. The van der Waals surface area contributed by atoms with E-state index in [4.69, 9.17) is 76.6 Å². The lowest BCUT2D eigenvalue weighted by Gasteiger charge is -2.22. The van der Waals surface area contributed by atoms with Gasteiger partial charge in [-0.05, 0) is 59.7 Å². The number of phosphoric acid groups is 6. The van der Waals surface area contributed by atoms with Crippen molar-refractivity contribution in [1.29, 1.82) is 0 Å². The quantitative estimate of drug-likeness (QED) is 0.00660. The van der Waals surface area contributed by atoms with Crippen LogP contribution in [0.1, 0.15) is 105 Å². The van der Waals surface area contributed by atoms with Gasteiger partial charge in [0, 0.05) is 83.4 Å². The molecule has 0 bridgehead atoms. The van der Waals surface area contributed by atoms with E-state index >= 15 is 0 Å². The van der Waals surface area contributed by atoms with Crippen LogP contribution in [0.3, 0.4) is 0 Å². The number of nitrogens with one attached hydrogen (secondary N) is 2. The van der Waals surface area contributed by atoms with Gasteiger partial charge in [0.05, 0.1) is 115 Å². The second-order valence-corrected chi connectivity index (χ2v) is 34.6. The Morgan fingerprint density at radius 3 is 1.53 bits per heavy atom. The molecule has 4 aliphatic rings. The molecular weight excluding hydrogens is 1810 g/mol. The molecule has 57 heteroatoms. The smallest absolute Gasteiger partial charge is 0.490 e. The molecule has 122 heavy (non-hydrogen) atoms. The first-order chi connectivity index (χ1) is 56.5. The van der Waals surface area contributed by atoms with Crippen molar-refractivity contribution in [3.63, 3.8) is 0 Å². The number of halogens is 2. The summed E-state index contributed by atoms with van der Waals surface area (Å²) in [6, 6.07) is 14.2. The zero-order valence-corrected chi connectivity index (χ0v) is 67.8. The minimum absolute atomic E-state index is 0. The number of hydrogen-bond acceptors (Lipinski definition) is 34. The zero-order valence-electron chi connectivity index (χ0n) is 60.9. The van der Waals surface area contributed by atoms with E-state index in [0.29, 0.717) is 5.56 Å². The first-order valence-corrected chi connectivity index (χ1v) is 43.3. The summed E-state index contributed by atoms with van der Waals surface area (Å²) < 4.78 is 127. The number of carboxylic acids is 1. The molecule has 2 saturated heterocycles. The Hall–Kier alpha value is -9.33. The van der Waals surface area contributed by atoms with Gasteiger partial charge in [-0.2, -0.15) is 17.2 Å². The van der Waals surface area contributed by atoms with Gasteiger partial charge in [-0.25, -0.2) is 41.8 Å². The number of carbonyl (C=O) groups excluding carboxylic acids is 1. The van der Waals surface area contributed by atoms with E-state index in [9.17, 15) is 126 Å². The Kier molecular flexibility index (Phi) is 32.6. The second kappa shape index (κ2) is 40.5. The number of ether oxygens (including phenoxy) is 5. The van der Waals surface area contributed by atoms with E-state index in [2.05, 4.69) is 50.0 Å². The average Bonchev–Trinajstić information content (AvgIpc) is 0.891. The average molecular weight is 1870 g/mol. The highest BCUT2D eigenvalue weighted by Gasteiger charge is 2.46. The number of hydrogen-bond donors (Lipinski definition) is 15. The number of aliphatic hydroxyl groups is 3. The number of carboxylic acid groups (broad SMARTS) is 1. The van der Waals surface area contributed by atoms with E-state index in [1.807, 2.05) is 9.97 Å². The first-order valence-electron chi connectivity index (χ1n) is 33.5. The van der Waals surface area contributed by atoms with E-state index in [1.165, 1.54) is 61.7 Å². The van der Waals surface area contributed by atoms with Crippen LogP contribution < -0.4 is 43.5 Å². The molecule has 658 valence electrons. The zero-order chi connectivity index (χ0) is 89.3. The van der Waals surface area contributed by atoms with Crippen molar-refractivity contribution in [3.05, 3.63) is 211 Å². The van der Waals surface area contributed by atoms with Crippen LogP contribution in [0.25, 0.3) is 33.4 Å². The maximum absolute atomic E-state index is 13.7. The second-order valence-electron chi connectivity index (χ2n) is 25.1. The van der Waals surface area contributed by atoms with Crippen molar-refractivity contribution >= 4 is 104 Å². The summed E-state index contributed by atoms with van der Waals surface area (Å²) in [6.07, 6.45) is -7.62. The number of aromatic carboxylic acids is 1. The lowest BCUT2D eigenvalue weighted by atomic mass is 9.88. The van der Waals surface area contributed by atoms with Crippen LogP contribution in [0.2, 0.25) is 10.0 Å². The first kappa shape index (κ1) is 98.1. The number of phosphoric ester groups is 2. The standard InChI is InChI=1S/C44H38Cl2N3O25P3.C20H25N4O17P3.CH4/c1-68-32-13-28-35(27-12-23(16-50)38(53)36(45)40(27)72-41(28)37(46)39(32)54)26-11-21(8-9-25(26)43(56)57)30(51)5-3-2-4-20-6-7-22(29(10-20)49(59)60)17-69-18-24-15-48(44(58)47-42(24)55)34-14-31(52)33(71-34)19-70-76(64,65)74-77(66,67)73-75(61,62)63;21-5-1-2-12-3-4-13(15(6-12)24(28)29)9-37-10-14-8-23(20(27)22-19(14)26)18-7-16(25)17(39-18)11-38-43(33,34)41-44(35,36)40-42(30,31)32;/h6-13,15,31,33-34,50,52-53H,3,5,14,16-19H2,1H3,(H,56,57)(H,64,65)(H,66,67)(H,47,55,58)(H2,61,62,63);3-4,6,8,16-18,25H,5,7,9-11,21H2,(H,33,34)(H,35,36)(H,22,26,27)(H2,30,31,32);1H4/p-1/t31?,33-,34-;16?,17-,18-;/m11./s1. The van der Waals surface area contributed by atoms with Crippen LogP contribution in [0.4, 0.5) is 11.4 Å². The minimum atomic E-state index is -5.85. The summed E-state index contributed by atoms with van der Waals surface area (Å²) in [4.78, 5) is 188. The highest BCUT2D eigenvalue weighted by atomic mass is 35.5. The van der Waals surface area contributed by atoms with E-state index in [1.54, 1.807) is 0 Å². The molecule has 10 atom stereocenters. The number of aromatic amines is 2. The molecule has 0 amide bonds. The number of benzene rings is 5. The van der Waals surface area contributed by atoms with Gasteiger partial charge < -0.3 is 98.5 Å². The molecule has 6 unspecified atom stereocenters. The number of nitro benzene ring substituents is 2. The predicted octanol–water partition coefficient (Wildman–Crippen LogP) is 4.73. The van der Waals surface area contributed by atoms with Gasteiger partial charge >= 0.3 is 64.3 Å².